The lowest BCUT2D eigenvalue weighted by Gasteiger charge is -2.27. The molecule has 2 aliphatic rings. The van der Waals surface area contributed by atoms with Crippen molar-refractivity contribution in [2.45, 2.75) is 45.1 Å². The first-order chi connectivity index (χ1) is 13.6. The second kappa shape index (κ2) is 6.85. The smallest absolute Gasteiger partial charge is 0.233 e. The van der Waals surface area contributed by atoms with Crippen molar-refractivity contribution in [2.75, 3.05) is 0 Å². The van der Waals surface area contributed by atoms with Crippen LogP contribution in [0.5, 0.6) is 11.6 Å². The van der Waals surface area contributed by atoms with Crippen LogP contribution in [0.3, 0.4) is 0 Å². The zero-order chi connectivity index (χ0) is 19.1. The fourth-order valence-electron chi connectivity index (χ4n) is 4.49. The fourth-order valence-corrected chi connectivity index (χ4v) is 4.49. The van der Waals surface area contributed by atoms with Gasteiger partial charge in [-0.1, -0.05) is 12.8 Å². The Labute approximate surface area is 162 Å². The number of phenols is 1. The van der Waals surface area contributed by atoms with Crippen LogP contribution in [0.25, 0.3) is 16.9 Å². The molecule has 144 valence electrons. The van der Waals surface area contributed by atoms with Crippen molar-refractivity contribution in [3.8, 4) is 28.6 Å². The van der Waals surface area contributed by atoms with Crippen LogP contribution in [0.4, 0.5) is 0 Å². The predicted octanol–water partition coefficient (Wildman–Crippen LogP) is 3.09. The van der Waals surface area contributed by atoms with Crippen LogP contribution >= 0.6 is 0 Å². The Hall–Kier alpha value is -3.03. The first kappa shape index (κ1) is 17.1. The number of benzene rings is 1. The molecule has 0 amide bonds. The highest BCUT2D eigenvalue weighted by atomic mass is 16.5. The molecule has 2 aromatic heterocycles. The van der Waals surface area contributed by atoms with Gasteiger partial charge in [0.15, 0.2) is 5.82 Å². The number of aromatic nitrogens is 6. The molecule has 8 nitrogen and oxygen atoms in total. The highest BCUT2D eigenvalue weighted by Crippen LogP contribution is 2.43. The average Bonchev–Trinajstić information content (AvgIpc) is 3.27. The number of fused-ring (bicyclic) bond motifs is 2. The third-order valence-corrected chi connectivity index (χ3v) is 5.77. The lowest BCUT2D eigenvalue weighted by atomic mass is 9.87. The number of aryl methyl sites for hydroxylation is 1. The Balaban J connectivity index is 1.31. The maximum Gasteiger partial charge on any atom is 0.233 e. The van der Waals surface area contributed by atoms with Crippen LogP contribution in [0.15, 0.2) is 30.3 Å². The number of hydrogen-bond acceptors (Lipinski definition) is 7. The monoisotopic (exact) mass is 378 g/mol. The van der Waals surface area contributed by atoms with E-state index in [9.17, 15) is 5.11 Å². The summed E-state index contributed by atoms with van der Waals surface area (Å²) in [5, 5.41) is 30.8. The van der Waals surface area contributed by atoms with Crippen LogP contribution in [0, 0.1) is 18.8 Å². The molecule has 0 saturated heterocycles. The fraction of sp³-hybridized carbons (Fsp3) is 0.450. The summed E-state index contributed by atoms with van der Waals surface area (Å²) in [7, 11) is 0. The highest BCUT2D eigenvalue weighted by Gasteiger charge is 2.35. The van der Waals surface area contributed by atoms with Gasteiger partial charge < -0.3 is 9.84 Å². The topological polar surface area (TPSA) is 98.8 Å². The molecule has 3 aromatic rings. The Morgan fingerprint density at radius 2 is 1.82 bits per heavy atom. The number of nitrogens with zero attached hydrogens (tertiary/aromatic N) is 6. The SMILES string of the molecule is Cc1nnn(-c2ccc(-c3ccc(OC4C[C@H]5CC[C@@H](C4)C5)nn3)c(O)c2)n1. The zero-order valence-corrected chi connectivity index (χ0v) is 15.7. The summed E-state index contributed by atoms with van der Waals surface area (Å²) >= 11 is 0. The summed E-state index contributed by atoms with van der Waals surface area (Å²) in [4.78, 5) is 1.37. The number of aromatic hydroxyl groups is 1. The molecule has 2 fully saturated rings. The lowest BCUT2D eigenvalue weighted by Crippen LogP contribution is -2.26. The minimum atomic E-state index is 0.0827. The first-order valence-electron chi connectivity index (χ1n) is 9.75. The first-order valence-corrected chi connectivity index (χ1v) is 9.75. The summed E-state index contributed by atoms with van der Waals surface area (Å²) in [6, 6.07) is 8.81. The molecule has 2 aliphatic carbocycles. The second-order valence-corrected chi connectivity index (χ2v) is 7.84. The molecule has 0 radical (unpaired) electrons. The van der Waals surface area contributed by atoms with Gasteiger partial charge in [-0.2, -0.15) is 0 Å². The molecule has 1 unspecified atom stereocenters. The Kier molecular flexibility index (Phi) is 4.18. The van der Waals surface area contributed by atoms with Crippen molar-refractivity contribution < 1.29 is 9.84 Å². The average molecular weight is 378 g/mol. The van der Waals surface area contributed by atoms with E-state index in [1.165, 1.54) is 24.1 Å². The summed E-state index contributed by atoms with van der Waals surface area (Å²) in [5.74, 6) is 2.83. The Morgan fingerprint density at radius 1 is 1.00 bits per heavy atom. The minimum absolute atomic E-state index is 0.0827. The molecular weight excluding hydrogens is 356 g/mol. The summed E-state index contributed by atoms with van der Waals surface area (Å²) in [6.45, 7) is 1.76. The Bertz CT molecular complexity index is 975. The maximum atomic E-state index is 10.4. The van der Waals surface area contributed by atoms with Crippen LogP contribution < -0.4 is 4.74 Å². The van der Waals surface area contributed by atoms with Gasteiger partial charge in [0.25, 0.3) is 0 Å². The van der Waals surface area contributed by atoms with Gasteiger partial charge in [-0.05, 0) is 61.4 Å². The van der Waals surface area contributed by atoms with E-state index in [0.717, 1.165) is 24.7 Å². The van der Waals surface area contributed by atoms with E-state index in [1.54, 1.807) is 25.1 Å². The molecule has 1 aromatic carbocycles. The van der Waals surface area contributed by atoms with E-state index in [2.05, 4.69) is 25.6 Å². The molecule has 1 N–H and O–H groups in total. The number of ether oxygens (including phenoxy) is 1. The van der Waals surface area contributed by atoms with E-state index in [0.29, 0.717) is 28.6 Å². The molecular formula is C20H22N6O2. The van der Waals surface area contributed by atoms with Crippen molar-refractivity contribution in [1.29, 1.82) is 0 Å². The minimum Gasteiger partial charge on any atom is -0.507 e. The molecule has 8 heteroatoms. The van der Waals surface area contributed by atoms with E-state index in [4.69, 9.17) is 4.74 Å². The van der Waals surface area contributed by atoms with Crippen LogP contribution in [0.2, 0.25) is 0 Å². The van der Waals surface area contributed by atoms with Gasteiger partial charge in [0.05, 0.1) is 11.4 Å². The number of tetrazole rings is 1. The quantitative estimate of drug-likeness (QED) is 0.745. The van der Waals surface area contributed by atoms with Crippen molar-refractivity contribution in [2.24, 2.45) is 11.8 Å². The predicted molar refractivity (Wildman–Crippen MR) is 101 cm³/mol. The maximum absolute atomic E-state index is 10.4. The van der Waals surface area contributed by atoms with Crippen molar-refractivity contribution in [1.82, 2.24) is 30.4 Å². The van der Waals surface area contributed by atoms with Crippen molar-refractivity contribution in [3.05, 3.63) is 36.2 Å². The van der Waals surface area contributed by atoms with Crippen LogP contribution in [-0.4, -0.2) is 41.6 Å². The van der Waals surface area contributed by atoms with E-state index in [-0.39, 0.29) is 11.9 Å². The standard InChI is InChI=1S/C20H22N6O2/c1-12-21-25-26(24-12)15-4-5-17(19(27)11-15)18-6-7-20(23-22-18)28-16-9-13-2-3-14(8-13)10-16/h4-7,11,13-14,16,27H,2-3,8-10H2,1H3/t13-,14+,16?. The van der Waals surface area contributed by atoms with Gasteiger partial charge in [0.2, 0.25) is 5.88 Å². The summed E-state index contributed by atoms with van der Waals surface area (Å²) in [6.07, 6.45) is 6.54. The van der Waals surface area contributed by atoms with Gasteiger partial charge in [0.1, 0.15) is 11.9 Å². The number of hydrogen-bond donors (Lipinski definition) is 1. The highest BCUT2D eigenvalue weighted by molar-refractivity contribution is 5.68. The molecule has 2 heterocycles. The van der Waals surface area contributed by atoms with E-state index in [1.807, 2.05) is 12.1 Å². The molecule has 3 atom stereocenters. The van der Waals surface area contributed by atoms with Gasteiger partial charge in [-0.25, -0.2) is 0 Å². The third-order valence-electron chi connectivity index (χ3n) is 5.77. The van der Waals surface area contributed by atoms with E-state index < -0.39 is 0 Å². The third kappa shape index (κ3) is 3.30. The van der Waals surface area contributed by atoms with Gasteiger partial charge >= 0.3 is 0 Å². The van der Waals surface area contributed by atoms with Gasteiger partial charge in [-0.15, -0.1) is 25.2 Å². The van der Waals surface area contributed by atoms with Gasteiger partial charge in [0, 0.05) is 17.7 Å². The molecule has 28 heavy (non-hydrogen) atoms. The number of phenolic OH excluding ortho intramolecular Hbond substituents is 1. The van der Waals surface area contributed by atoms with E-state index >= 15 is 0 Å². The van der Waals surface area contributed by atoms with Crippen LogP contribution in [-0.2, 0) is 0 Å². The Morgan fingerprint density at radius 3 is 2.46 bits per heavy atom. The molecule has 5 rings (SSSR count). The van der Waals surface area contributed by atoms with Crippen molar-refractivity contribution >= 4 is 0 Å². The second-order valence-electron chi connectivity index (χ2n) is 7.84. The normalized spacial score (nSPS) is 23.7. The zero-order valence-electron chi connectivity index (χ0n) is 15.7. The lowest BCUT2D eigenvalue weighted by molar-refractivity contribution is 0.113. The summed E-state index contributed by atoms with van der Waals surface area (Å²) < 4.78 is 6.07. The molecule has 0 spiro atoms. The van der Waals surface area contributed by atoms with Crippen LogP contribution in [0.1, 0.15) is 37.9 Å². The summed E-state index contributed by atoms with van der Waals surface area (Å²) in [5.41, 5.74) is 1.81. The van der Waals surface area contributed by atoms with Crippen molar-refractivity contribution in [3.63, 3.8) is 0 Å². The van der Waals surface area contributed by atoms with Gasteiger partial charge in [-0.3, -0.25) is 0 Å². The number of rotatable bonds is 4. The largest absolute Gasteiger partial charge is 0.507 e. The molecule has 2 saturated carbocycles. The molecule has 0 aliphatic heterocycles. The molecule has 2 bridgehead atoms.